The van der Waals surface area contributed by atoms with Gasteiger partial charge in [0.05, 0.1) is 19.1 Å². The predicted molar refractivity (Wildman–Crippen MR) is 87.7 cm³/mol. The largest absolute Gasteiger partial charge is 0.502 e. The zero-order valence-electron chi connectivity index (χ0n) is 13.1. The first-order chi connectivity index (χ1) is 11.5. The van der Waals surface area contributed by atoms with Crippen molar-refractivity contribution in [2.75, 3.05) is 14.2 Å². The van der Waals surface area contributed by atoms with Gasteiger partial charge in [0.2, 0.25) is 0 Å². The Bertz CT molecular complexity index is 813. The van der Waals surface area contributed by atoms with Crippen LogP contribution in [-0.4, -0.2) is 30.0 Å². The van der Waals surface area contributed by atoms with Gasteiger partial charge in [-0.05, 0) is 35.9 Å². The number of phenolic OH excluding ortho intramolecular Hbond substituents is 1. The molecule has 7 nitrogen and oxygen atoms in total. The summed E-state index contributed by atoms with van der Waals surface area (Å²) in [7, 11) is 2.97. The topological polar surface area (TPSA) is 98.9 Å². The Labute approximate surface area is 137 Å². The van der Waals surface area contributed by atoms with Crippen LogP contribution in [0.5, 0.6) is 17.2 Å². The van der Waals surface area contributed by atoms with Crippen LogP contribution in [0, 0.1) is 10.1 Å². The van der Waals surface area contributed by atoms with Crippen molar-refractivity contribution in [2.24, 2.45) is 0 Å². The molecule has 24 heavy (non-hydrogen) atoms. The van der Waals surface area contributed by atoms with Crippen LogP contribution >= 0.6 is 0 Å². The van der Waals surface area contributed by atoms with Gasteiger partial charge >= 0.3 is 5.69 Å². The quantitative estimate of drug-likeness (QED) is 0.378. The van der Waals surface area contributed by atoms with Crippen LogP contribution in [0.15, 0.2) is 42.5 Å². The van der Waals surface area contributed by atoms with E-state index in [2.05, 4.69) is 0 Å². The molecular weight excluding hydrogens is 314 g/mol. The average molecular weight is 329 g/mol. The number of ether oxygens (including phenoxy) is 2. The fourth-order valence-electron chi connectivity index (χ4n) is 2.05. The minimum absolute atomic E-state index is 0.299. The van der Waals surface area contributed by atoms with Crippen LogP contribution in [0.2, 0.25) is 0 Å². The first kappa shape index (κ1) is 17.0. The number of carbonyl (C=O) groups excluding carboxylic acids is 1. The van der Waals surface area contributed by atoms with Crippen molar-refractivity contribution in [2.45, 2.75) is 0 Å². The number of benzene rings is 2. The van der Waals surface area contributed by atoms with E-state index in [4.69, 9.17) is 9.47 Å². The maximum Gasteiger partial charge on any atom is 0.311 e. The zero-order valence-corrected chi connectivity index (χ0v) is 13.1. The molecule has 124 valence electrons. The molecule has 0 aromatic heterocycles. The lowest BCUT2D eigenvalue weighted by molar-refractivity contribution is -0.385. The summed E-state index contributed by atoms with van der Waals surface area (Å²) in [6.07, 6.45) is 2.73. The molecule has 0 saturated carbocycles. The molecule has 0 atom stereocenters. The third-order valence-corrected chi connectivity index (χ3v) is 3.29. The Morgan fingerprint density at radius 2 is 1.83 bits per heavy atom. The number of hydrogen-bond donors (Lipinski definition) is 1. The molecule has 0 aliphatic carbocycles. The SMILES string of the molecule is COc1ccc(C(=O)/C=C/c2ccc(O)c([N+](=O)[O-])c2)cc1OC. The van der Waals surface area contributed by atoms with Crippen LogP contribution < -0.4 is 9.47 Å². The summed E-state index contributed by atoms with van der Waals surface area (Å²) >= 11 is 0. The second kappa shape index (κ2) is 7.28. The highest BCUT2D eigenvalue weighted by Gasteiger charge is 2.13. The number of nitro groups is 1. The van der Waals surface area contributed by atoms with Gasteiger partial charge in [0.1, 0.15) is 0 Å². The van der Waals surface area contributed by atoms with Crippen LogP contribution in [0.25, 0.3) is 6.08 Å². The number of hydrogen-bond acceptors (Lipinski definition) is 6. The van der Waals surface area contributed by atoms with Gasteiger partial charge < -0.3 is 14.6 Å². The summed E-state index contributed by atoms with van der Waals surface area (Å²) in [6.45, 7) is 0. The molecule has 0 unspecified atom stereocenters. The van der Waals surface area contributed by atoms with E-state index in [1.807, 2.05) is 0 Å². The van der Waals surface area contributed by atoms with Gasteiger partial charge in [0, 0.05) is 11.6 Å². The number of methoxy groups -OCH3 is 2. The number of ketones is 1. The Kier molecular flexibility index (Phi) is 5.16. The van der Waals surface area contributed by atoms with Gasteiger partial charge in [-0.25, -0.2) is 0 Å². The zero-order chi connectivity index (χ0) is 17.7. The van der Waals surface area contributed by atoms with Crippen molar-refractivity contribution in [3.05, 3.63) is 63.7 Å². The van der Waals surface area contributed by atoms with E-state index < -0.39 is 16.4 Å². The smallest absolute Gasteiger partial charge is 0.311 e. The third-order valence-electron chi connectivity index (χ3n) is 3.29. The van der Waals surface area contributed by atoms with Crippen molar-refractivity contribution < 1.29 is 24.3 Å². The molecule has 0 bridgehead atoms. The molecule has 0 aliphatic rings. The summed E-state index contributed by atoms with van der Waals surface area (Å²) in [6, 6.07) is 8.62. The molecule has 0 spiro atoms. The van der Waals surface area contributed by atoms with Gasteiger partial charge in [-0.3, -0.25) is 14.9 Å². The van der Waals surface area contributed by atoms with Crippen molar-refractivity contribution in [3.8, 4) is 17.2 Å². The molecular formula is C17H15NO6. The molecule has 0 amide bonds. The van der Waals surface area contributed by atoms with E-state index in [1.54, 1.807) is 18.2 Å². The van der Waals surface area contributed by atoms with E-state index in [-0.39, 0.29) is 5.78 Å². The number of rotatable bonds is 6. The molecule has 0 saturated heterocycles. The van der Waals surface area contributed by atoms with Crippen molar-refractivity contribution in [1.82, 2.24) is 0 Å². The number of nitrogens with zero attached hydrogens (tertiary/aromatic N) is 1. The first-order valence-electron chi connectivity index (χ1n) is 6.88. The predicted octanol–water partition coefficient (Wildman–Crippen LogP) is 3.21. The first-order valence-corrected chi connectivity index (χ1v) is 6.88. The second-order valence-corrected chi connectivity index (χ2v) is 4.77. The molecule has 2 aromatic rings. The maximum absolute atomic E-state index is 12.2. The molecule has 0 radical (unpaired) electrons. The molecule has 0 fully saturated rings. The highest BCUT2D eigenvalue weighted by molar-refractivity contribution is 6.07. The van der Waals surface area contributed by atoms with E-state index >= 15 is 0 Å². The van der Waals surface area contributed by atoms with Gasteiger partial charge in [0.25, 0.3) is 0 Å². The molecule has 0 heterocycles. The van der Waals surface area contributed by atoms with E-state index in [0.29, 0.717) is 22.6 Å². The molecule has 7 heteroatoms. The molecule has 2 rings (SSSR count). The Balaban J connectivity index is 2.25. The maximum atomic E-state index is 12.2. The second-order valence-electron chi connectivity index (χ2n) is 4.77. The minimum Gasteiger partial charge on any atom is -0.502 e. The molecule has 1 N–H and O–H groups in total. The Hall–Kier alpha value is -3.35. The summed E-state index contributed by atoms with van der Waals surface area (Å²) < 4.78 is 10.2. The van der Waals surface area contributed by atoms with Crippen LogP contribution in [-0.2, 0) is 0 Å². The van der Waals surface area contributed by atoms with Crippen LogP contribution in [0.1, 0.15) is 15.9 Å². The summed E-state index contributed by atoms with van der Waals surface area (Å²) in [4.78, 5) is 22.3. The number of allylic oxidation sites excluding steroid dienone is 1. The minimum atomic E-state index is -0.692. The molecule has 2 aromatic carbocycles. The van der Waals surface area contributed by atoms with Gasteiger partial charge in [-0.2, -0.15) is 0 Å². The van der Waals surface area contributed by atoms with Crippen molar-refractivity contribution >= 4 is 17.5 Å². The molecule has 0 aliphatic heterocycles. The lowest BCUT2D eigenvalue weighted by Gasteiger charge is -2.08. The van der Waals surface area contributed by atoms with Crippen molar-refractivity contribution in [3.63, 3.8) is 0 Å². The van der Waals surface area contributed by atoms with Gasteiger partial charge in [0.15, 0.2) is 23.0 Å². The number of aromatic hydroxyl groups is 1. The van der Waals surface area contributed by atoms with E-state index in [1.165, 1.54) is 44.6 Å². The van der Waals surface area contributed by atoms with E-state index in [9.17, 15) is 20.0 Å². The number of carbonyl (C=O) groups is 1. The fraction of sp³-hybridized carbons (Fsp3) is 0.118. The van der Waals surface area contributed by atoms with E-state index in [0.717, 1.165) is 0 Å². The lowest BCUT2D eigenvalue weighted by atomic mass is 10.1. The van der Waals surface area contributed by atoms with Gasteiger partial charge in [-0.1, -0.05) is 12.1 Å². The number of nitro benzene ring substituents is 1. The monoisotopic (exact) mass is 329 g/mol. The van der Waals surface area contributed by atoms with Crippen LogP contribution in [0.4, 0.5) is 5.69 Å². The van der Waals surface area contributed by atoms with Crippen LogP contribution in [0.3, 0.4) is 0 Å². The highest BCUT2D eigenvalue weighted by Crippen LogP contribution is 2.29. The standard InChI is InChI=1S/C17H15NO6/c1-23-16-8-5-12(10-17(16)24-2)14(19)6-3-11-4-7-15(20)13(9-11)18(21)22/h3-10,20H,1-2H3/b6-3+. The summed E-state index contributed by atoms with van der Waals surface area (Å²) in [5, 5.41) is 20.2. The summed E-state index contributed by atoms with van der Waals surface area (Å²) in [5.41, 5.74) is 0.390. The Morgan fingerprint density at radius 3 is 2.46 bits per heavy atom. The summed E-state index contributed by atoms with van der Waals surface area (Å²) in [5.74, 6) is 0.208. The third kappa shape index (κ3) is 3.70. The average Bonchev–Trinajstić information content (AvgIpc) is 2.59. The highest BCUT2D eigenvalue weighted by atomic mass is 16.6. The Morgan fingerprint density at radius 1 is 1.12 bits per heavy atom. The number of phenols is 1. The van der Waals surface area contributed by atoms with Crippen molar-refractivity contribution in [1.29, 1.82) is 0 Å². The fourth-order valence-corrected chi connectivity index (χ4v) is 2.05. The normalized spacial score (nSPS) is 10.6. The van der Waals surface area contributed by atoms with Gasteiger partial charge in [-0.15, -0.1) is 0 Å². The lowest BCUT2D eigenvalue weighted by Crippen LogP contribution is -1.97.